The standard InChI is InChI=1S/C13H24N4/c1-10-7-13(9-17(10)3)14-6-4-5-12-8-15-16-11(12)2/h8,10,13-14H,4-7,9H2,1-3H3,(H,15,16). The zero-order valence-corrected chi connectivity index (χ0v) is 11.2. The minimum absolute atomic E-state index is 0.681. The number of nitrogens with zero attached hydrogens (tertiary/aromatic N) is 2. The van der Waals surface area contributed by atoms with Crippen LogP contribution in [0.15, 0.2) is 6.20 Å². The Hall–Kier alpha value is -0.870. The number of likely N-dealkylation sites (tertiary alicyclic amines) is 1. The molecule has 4 nitrogen and oxygen atoms in total. The molecule has 2 N–H and O–H groups in total. The third-order valence-electron chi connectivity index (χ3n) is 3.88. The molecular weight excluding hydrogens is 212 g/mol. The first-order valence-corrected chi connectivity index (χ1v) is 6.59. The predicted molar refractivity (Wildman–Crippen MR) is 70.1 cm³/mol. The molecule has 0 radical (unpaired) electrons. The number of hydrogen-bond donors (Lipinski definition) is 2. The quantitative estimate of drug-likeness (QED) is 0.758. The SMILES string of the molecule is Cc1[nH]ncc1CCCNC1CC(C)N(C)C1. The summed E-state index contributed by atoms with van der Waals surface area (Å²) in [5, 5.41) is 10.7. The zero-order valence-electron chi connectivity index (χ0n) is 11.2. The van der Waals surface area contributed by atoms with Crippen LogP contribution in [-0.2, 0) is 6.42 Å². The van der Waals surface area contributed by atoms with Gasteiger partial charge in [0, 0.05) is 24.3 Å². The molecule has 2 atom stereocenters. The van der Waals surface area contributed by atoms with Crippen LogP contribution in [0.3, 0.4) is 0 Å². The summed E-state index contributed by atoms with van der Waals surface area (Å²) in [5.41, 5.74) is 2.56. The number of rotatable bonds is 5. The van der Waals surface area contributed by atoms with Crippen molar-refractivity contribution in [1.82, 2.24) is 20.4 Å². The topological polar surface area (TPSA) is 44.0 Å². The van der Waals surface area contributed by atoms with Crippen molar-refractivity contribution < 1.29 is 0 Å². The number of likely N-dealkylation sites (N-methyl/N-ethyl adjacent to an activating group) is 1. The zero-order chi connectivity index (χ0) is 12.3. The Morgan fingerprint density at radius 3 is 3.00 bits per heavy atom. The van der Waals surface area contributed by atoms with Crippen LogP contribution in [0.1, 0.15) is 31.0 Å². The average Bonchev–Trinajstić information content (AvgIpc) is 2.82. The molecule has 0 aliphatic carbocycles. The molecule has 0 amide bonds. The third-order valence-corrected chi connectivity index (χ3v) is 3.88. The molecule has 96 valence electrons. The number of hydrogen-bond acceptors (Lipinski definition) is 3. The van der Waals surface area contributed by atoms with Crippen molar-refractivity contribution in [2.24, 2.45) is 0 Å². The van der Waals surface area contributed by atoms with Gasteiger partial charge in [0.1, 0.15) is 0 Å². The Morgan fingerprint density at radius 2 is 2.41 bits per heavy atom. The minimum Gasteiger partial charge on any atom is -0.313 e. The molecule has 2 rings (SSSR count). The lowest BCUT2D eigenvalue weighted by molar-refractivity contribution is 0.326. The van der Waals surface area contributed by atoms with Gasteiger partial charge in [-0.3, -0.25) is 5.10 Å². The summed E-state index contributed by atoms with van der Waals surface area (Å²) < 4.78 is 0. The van der Waals surface area contributed by atoms with Gasteiger partial charge in [-0.1, -0.05) is 0 Å². The van der Waals surface area contributed by atoms with E-state index in [-0.39, 0.29) is 0 Å². The second-order valence-electron chi connectivity index (χ2n) is 5.30. The van der Waals surface area contributed by atoms with Crippen molar-refractivity contribution in [1.29, 1.82) is 0 Å². The van der Waals surface area contributed by atoms with Crippen molar-refractivity contribution in [3.63, 3.8) is 0 Å². The van der Waals surface area contributed by atoms with Gasteiger partial charge in [-0.25, -0.2) is 0 Å². The van der Waals surface area contributed by atoms with Gasteiger partial charge in [0.15, 0.2) is 0 Å². The van der Waals surface area contributed by atoms with E-state index in [1.165, 1.54) is 30.6 Å². The van der Waals surface area contributed by atoms with E-state index in [4.69, 9.17) is 0 Å². The van der Waals surface area contributed by atoms with E-state index in [0.717, 1.165) is 19.0 Å². The maximum Gasteiger partial charge on any atom is 0.0522 e. The van der Waals surface area contributed by atoms with Crippen molar-refractivity contribution in [3.8, 4) is 0 Å². The van der Waals surface area contributed by atoms with Crippen LogP contribution < -0.4 is 5.32 Å². The highest BCUT2D eigenvalue weighted by atomic mass is 15.2. The summed E-state index contributed by atoms with van der Waals surface area (Å²) in [6.07, 6.45) is 5.53. The molecule has 2 unspecified atom stereocenters. The second kappa shape index (κ2) is 5.65. The number of H-pyrrole nitrogens is 1. The highest BCUT2D eigenvalue weighted by Gasteiger charge is 2.25. The number of nitrogens with one attached hydrogen (secondary N) is 2. The molecule has 17 heavy (non-hydrogen) atoms. The molecule has 0 saturated carbocycles. The first-order chi connectivity index (χ1) is 8.16. The van der Waals surface area contributed by atoms with E-state index in [2.05, 4.69) is 41.3 Å². The maximum absolute atomic E-state index is 4.05. The lowest BCUT2D eigenvalue weighted by Gasteiger charge is -2.13. The van der Waals surface area contributed by atoms with E-state index < -0.39 is 0 Å². The van der Waals surface area contributed by atoms with Gasteiger partial charge in [0.25, 0.3) is 0 Å². The summed E-state index contributed by atoms with van der Waals surface area (Å²) in [6.45, 7) is 6.68. The van der Waals surface area contributed by atoms with E-state index in [1.807, 2.05) is 6.20 Å². The largest absolute Gasteiger partial charge is 0.313 e. The molecular formula is C13H24N4. The molecule has 1 aliphatic rings. The number of aryl methyl sites for hydroxylation is 2. The summed E-state index contributed by atoms with van der Waals surface area (Å²) in [4.78, 5) is 2.43. The molecule has 4 heteroatoms. The third kappa shape index (κ3) is 3.30. The first kappa shape index (κ1) is 12.6. The Morgan fingerprint density at radius 1 is 1.59 bits per heavy atom. The van der Waals surface area contributed by atoms with Gasteiger partial charge in [-0.15, -0.1) is 0 Å². The van der Waals surface area contributed by atoms with Crippen molar-refractivity contribution >= 4 is 0 Å². The van der Waals surface area contributed by atoms with Crippen LogP contribution in [0, 0.1) is 6.92 Å². The van der Waals surface area contributed by atoms with Gasteiger partial charge in [-0.2, -0.15) is 5.10 Å². The Labute approximate surface area is 104 Å². The molecule has 0 aromatic carbocycles. The predicted octanol–water partition coefficient (Wildman–Crippen LogP) is 1.33. The minimum atomic E-state index is 0.681. The maximum atomic E-state index is 4.05. The van der Waals surface area contributed by atoms with Gasteiger partial charge in [0.2, 0.25) is 0 Å². The molecule has 1 aromatic heterocycles. The van der Waals surface area contributed by atoms with Crippen LogP contribution in [0.2, 0.25) is 0 Å². The fourth-order valence-corrected chi connectivity index (χ4v) is 2.55. The molecule has 2 heterocycles. The lowest BCUT2D eigenvalue weighted by atomic mass is 10.1. The van der Waals surface area contributed by atoms with Crippen molar-refractivity contribution in [3.05, 3.63) is 17.5 Å². The fraction of sp³-hybridized carbons (Fsp3) is 0.769. The molecule has 0 spiro atoms. The highest BCUT2D eigenvalue weighted by molar-refractivity contribution is 5.14. The number of aromatic amines is 1. The fourth-order valence-electron chi connectivity index (χ4n) is 2.55. The smallest absolute Gasteiger partial charge is 0.0522 e. The molecule has 1 aliphatic heterocycles. The normalized spacial score (nSPS) is 25.6. The summed E-state index contributed by atoms with van der Waals surface area (Å²) in [7, 11) is 2.21. The van der Waals surface area contributed by atoms with Gasteiger partial charge >= 0.3 is 0 Å². The van der Waals surface area contributed by atoms with Gasteiger partial charge in [-0.05, 0) is 52.3 Å². The number of aromatic nitrogens is 2. The van der Waals surface area contributed by atoms with Gasteiger partial charge in [0.05, 0.1) is 6.20 Å². The lowest BCUT2D eigenvalue weighted by Crippen LogP contribution is -2.32. The van der Waals surface area contributed by atoms with Crippen molar-refractivity contribution in [2.75, 3.05) is 20.1 Å². The Kier molecular flexibility index (Phi) is 4.18. The summed E-state index contributed by atoms with van der Waals surface area (Å²) in [5.74, 6) is 0. The van der Waals surface area contributed by atoms with E-state index in [0.29, 0.717) is 6.04 Å². The first-order valence-electron chi connectivity index (χ1n) is 6.59. The van der Waals surface area contributed by atoms with Crippen molar-refractivity contribution in [2.45, 2.75) is 45.2 Å². The van der Waals surface area contributed by atoms with E-state index in [1.54, 1.807) is 0 Å². The molecule has 0 bridgehead atoms. The molecule has 1 aromatic rings. The van der Waals surface area contributed by atoms with Crippen LogP contribution in [0.25, 0.3) is 0 Å². The van der Waals surface area contributed by atoms with Crippen LogP contribution in [0.4, 0.5) is 0 Å². The van der Waals surface area contributed by atoms with Crippen LogP contribution in [-0.4, -0.2) is 47.3 Å². The van der Waals surface area contributed by atoms with Gasteiger partial charge < -0.3 is 10.2 Å². The van der Waals surface area contributed by atoms with E-state index in [9.17, 15) is 0 Å². The average molecular weight is 236 g/mol. The summed E-state index contributed by atoms with van der Waals surface area (Å²) in [6, 6.07) is 1.41. The Bertz CT molecular complexity index is 337. The summed E-state index contributed by atoms with van der Waals surface area (Å²) >= 11 is 0. The molecule has 1 fully saturated rings. The van der Waals surface area contributed by atoms with Crippen LogP contribution >= 0.6 is 0 Å². The van der Waals surface area contributed by atoms with E-state index >= 15 is 0 Å². The monoisotopic (exact) mass is 236 g/mol. The highest BCUT2D eigenvalue weighted by Crippen LogP contribution is 2.14. The Balaban J connectivity index is 1.63. The second-order valence-corrected chi connectivity index (χ2v) is 5.30. The van der Waals surface area contributed by atoms with Crippen LogP contribution in [0.5, 0.6) is 0 Å². The molecule has 1 saturated heterocycles.